The quantitative estimate of drug-likeness (QED) is 0.681. The number of rotatable bonds is 7. The molecule has 1 aromatic rings. The van der Waals surface area contributed by atoms with E-state index < -0.39 is 0 Å². The third-order valence-corrected chi connectivity index (χ3v) is 3.21. The van der Waals surface area contributed by atoms with E-state index in [1.54, 1.807) is 0 Å². The van der Waals surface area contributed by atoms with E-state index in [2.05, 4.69) is 50.5 Å². The maximum atomic E-state index is 3.43. The molecule has 0 aliphatic carbocycles. The van der Waals surface area contributed by atoms with Crippen LogP contribution in [0.2, 0.25) is 0 Å². The molecule has 0 spiro atoms. The Bertz CT molecular complexity index is 293. The summed E-state index contributed by atoms with van der Waals surface area (Å²) in [6.07, 6.45) is 6.33. The number of unbranched alkanes of at least 4 members (excludes halogenated alkanes) is 2. The van der Waals surface area contributed by atoms with Gasteiger partial charge in [-0.15, -0.1) is 0 Å². The summed E-state index contributed by atoms with van der Waals surface area (Å²) in [5.74, 6) is 0. The van der Waals surface area contributed by atoms with Gasteiger partial charge in [-0.2, -0.15) is 0 Å². The van der Waals surface area contributed by atoms with Crippen molar-refractivity contribution in [2.24, 2.45) is 0 Å². The summed E-state index contributed by atoms with van der Waals surface area (Å²) in [4.78, 5) is 0. The Morgan fingerprint density at radius 1 is 1.19 bits per heavy atom. The Labute approximate surface area is 100 Å². The molecule has 0 saturated heterocycles. The lowest BCUT2D eigenvalue weighted by atomic mass is 9.98. The second-order valence-electron chi connectivity index (χ2n) is 4.44. The third kappa shape index (κ3) is 3.97. The van der Waals surface area contributed by atoms with Gasteiger partial charge in [0.05, 0.1) is 0 Å². The lowest BCUT2D eigenvalue weighted by Crippen LogP contribution is -2.16. The normalized spacial score (nSPS) is 12.7. The Balaban J connectivity index is 2.62. The van der Waals surface area contributed by atoms with Gasteiger partial charge in [-0.25, -0.2) is 0 Å². The van der Waals surface area contributed by atoms with Crippen LogP contribution < -0.4 is 5.32 Å². The van der Waals surface area contributed by atoms with Crippen LogP contribution in [0.15, 0.2) is 24.3 Å². The first-order chi connectivity index (χ1) is 7.81. The van der Waals surface area contributed by atoms with Crippen LogP contribution in [-0.2, 0) is 6.42 Å². The molecule has 1 N–H and O–H groups in total. The van der Waals surface area contributed by atoms with E-state index in [0.29, 0.717) is 6.04 Å². The first kappa shape index (κ1) is 13.2. The average Bonchev–Trinajstić information content (AvgIpc) is 2.35. The van der Waals surface area contributed by atoms with Gasteiger partial charge in [0.25, 0.3) is 0 Å². The van der Waals surface area contributed by atoms with Crippen molar-refractivity contribution >= 4 is 0 Å². The minimum Gasteiger partial charge on any atom is -0.313 e. The zero-order valence-electron chi connectivity index (χ0n) is 10.9. The molecular weight excluding hydrogens is 194 g/mol. The largest absolute Gasteiger partial charge is 0.313 e. The molecule has 1 heteroatoms. The Morgan fingerprint density at radius 2 is 2.00 bits per heavy atom. The Kier molecular flexibility index (Phi) is 6.17. The average molecular weight is 219 g/mol. The molecule has 0 amide bonds. The van der Waals surface area contributed by atoms with Gasteiger partial charge in [0.1, 0.15) is 0 Å². The summed E-state index contributed by atoms with van der Waals surface area (Å²) in [6, 6.07) is 9.50. The summed E-state index contributed by atoms with van der Waals surface area (Å²) < 4.78 is 0. The van der Waals surface area contributed by atoms with Crippen LogP contribution in [0.5, 0.6) is 0 Å². The molecule has 1 aromatic carbocycles. The van der Waals surface area contributed by atoms with E-state index in [1.807, 2.05) is 0 Å². The van der Waals surface area contributed by atoms with E-state index in [9.17, 15) is 0 Å². The van der Waals surface area contributed by atoms with Gasteiger partial charge >= 0.3 is 0 Å². The maximum absolute atomic E-state index is 3.43. The van der Waals surface area contributed by atoms with Gasteiger partial charge in [-0.1, -0.05) is 57.4 Å². The second kappa shape index (κ2) is 7.45. The van der Waals surface area contributed by atoms with Crippen LogP contribution in [0, 0.1) is 0 Å². The fourth-order valence-corrected chi connectivity index (χ4v) is 2.11. The predicted octanol–water partition coefficient (Wildman–Crippen LogP) is 4.09. The van der Waals surface area contributed by atoms with Crippen molar-refractivity contribution in [3.05, 3.63) is 35.4 Å². The SMILES string of the molecule is CCCCCC(NC)c1cccc(CC)c1. The van der Waals surface area contributed by atoms with Crippen LogP contribution in [-0.4, -0.2) is 7.05 Å². The van der Waals surface area contributed by atoms with E-state index in [4.69, 9.17) is 0 Å². The number of nitrogens with one attached hydrogen (secondary N) is 1. The van der Waals surface area contributed by atoms with Crippen LogP contribution in [0.25, 0.3) is 0 Å². The summed E-state index contributed by atoms with van der Waals surface area (Å²) in [7, 11) is 2.06. The highest BCUT2D eigenvalue weighted by Crippen LogP contribution is 2.20. The fourth-order valence-electron chi connectivity index (χ4n) is 2.11. The predicted molar refractivity (Wildman–Crippen MR) is 71.8 cm³/mol. The van der Waals surface area contributed by atoms with Gasteiger partial charge in [0.15, 0.2) is 0 Å². The van der Waals surface area contributed by atoms with Crippen molar-refractivity contribution < 1.29 is 0 Å². The molecule has 0 aromatic heterocycles. The molecule has 1 atom stereocenters. The third-order valence-electron chi connectivity index (χ3n) is 3.21. The van der Waals surface area contributed by atoms with Crippen LogP contribution in [0.1, 0.15) is 56.7 Å². The molecule has 0 radical (unpaired) electrons. The summed E-state index contributed by atoms with van der Waals surface area (Å²) in [6.45, 7) is 4.47. The molecular formula is C15H25N. The lowest BCUT2D eigenvalue weighted by molar-refractivity contribution is 0.511. The van der Waals surface area contributed by atoms with Crippen LogP contribution >= 0.6 is 0 Å². The zero-order chi connectivity index (χ0) is 11.8. The van der Waals surface area contributed by atoms with Crippen molar-refractivity contribution in [2.75, 3.05) is 7.05 Å². The minimum atomic E-state index is 0.526. The van der Waals surface area contributed by atoms with E-state index in [1.165, 1.54) is 36.8 Å². The molecule has 1 unspecified atom stereocenters. The standard InChI is InChI=1S/C15H25N/c1-4-6-7-11-15(16-3)14-10-8-9-13(5-2)12-14/h8-10,12,15-16H,4-7,11H2,1-3H3. The molecule has 90 valence electrons. The van der Waals surface area contributed by atoms with Gasteiger partial charge < -0.3 is 5.32 Å². The van der Waals surface area contributed by atoms with Gasteiger partial charge in [-0.05, 0) is 31.0 Å². The van der Waals surface area contributed by atoms with Crippen LogP contribution in [0.3, 0.4) is 0 Å². The highest BCUT2D eigenvalue weighted by Gasteiger charge is 2.08. The minimum absolute atomic E-state index is 0.526. The number of aryl methyl sites for hydroxylation is 1. The lowest BCUT2D eigenvalue weighted by Gasteiger charge is -2.17. The molecule has 1 rings (SSSR count). The van der Waals surface area contributed by atoms with E-state index in [-0.39, 0.29) is 0 Å². The molecule has 0 heterocycles. The van der Waals surface area contributed by atoms with E-state index in [0.717, 1.165) is 6.42 Å². The van der Waals surface area contributed by atoms with Crippen molar-refractivity contribution in [3.8, 4) is 0 Å². The van der Waals surface area contributed by atoms with Crippen molar-refractivity contribution in [1.82, 2.24) is 5.32 Å². The molecule has 16 heavy (non-hydrogen) atoms. The number of benzene rings is 1. The molecule has 0 aliphatic heterocycles. The summed E-state index contributed by atoms with van der Waals surface area (Å²) >= 11 is 0. The van der Waals surface area contributed by atoms with Crippen molar-refractivity contribution in [1.29, 1.82) is 0 Å². The van der Waals surface area contributed by atoms with Crippen molar-refractivity contribution in [2.45, 2.75) is 52.0 Å². The number of hydrogen-bond donors (Lipinski definition) is 1. The highest BCUT2D eigenvalue weighted by atomic mass is 14.9. The molecule has 0 aliphatic rings. The molecule has 0 bridgehead atoms. The zero-order valence-corrected chi connectivity index (χ0v) is 10.9. The molecule has 0 fully saturated rings. The smallest absolute Gasteiger partial charge is 0.0317 e. The second-order valence-corrected chi connectivity index (χ2v) is 4.44. The first-order valence-electron chi connectivity index (χ1n) is 6.57. The number of hydrogen-bond acceptors (Lipinski definition) is 1. The monoisotopic (exact) mass is 219 g/mol. The maximum Gasteiger partial charge on any atom is 0.0317 e. The van der Waals surface area contributed by atoms with Gasteiger partial charge in [-0.3, -0.25) is 0 Å². The van der Waals surface area contributed by atoms with Gasteiger partial charge in [0.2, 0.25) is 0 Å². The first-order valence-corrected chi connectivity index (χ1v) is 6.57. The fraction of sp³-hybridized carbons (Fsp3) is 0.600. The molecule has 1 nitrogen and oxygen atoms in total. The van der Waals surface area contributed by atoms with Crippen molar-refractivity contribution in [3.63, 3.8) is 0 Å². The highest BCUT2D eigenvalue weighted by molar-refractivity contribution is 5.26. The van der Waals surface area contributed by atoms with Gasteiger partial charge in [0, 0.05) is 6.04 Å². The molecule has 0 saturated carbocycles. The van der Waals surface area contributed by atoms with Crippen LogP contribution in [0.4, 0.5) is 0 Å². The summed E-state index contributed by atoms with van der Waals surface area (Å²) in [5.41, 5.74) is 2.88. The Morgan fingerprint density at radius 3 is 2.62 bits per heavy atom. The Hall–Kier alpha value is -0.820. The summed E-state index contributed by atoms with van der Waals surface area (Å²) in [5, 5.41) is 3.43. The van der Waals surface area contributed by atoms with E-state index >= 15 is 0 Å². The topological polar surface area (TPSA) is 12.0 Å².